The van der Waals surface area contributed by atoms with Gasteiger partial charge in [0.1, 0.15) is 0 Å². The van der Waals surface area contributed by atoms with Gasteiger partial charge >= 0.3 is 0 Å². The van der Waals surface area contributed by atoms with E-state index in [1.807, 2.05) is 30.3 Å². The molecule has 144 valence electrons. The maximum atomic E-state index is 12.7. The van der Waals surface area contributed by atoms with Crippen LogP contribution < -0.4 is 10.2 Å². The molecule has 2 aliphatic rings. The summed E-state index contributed by atoms with van der Waals surface area (Å²) in [4.78, 5) is 15.1. The van der Waals surface area contributed by atoms with E-state index in [1.165, 1.54) is 25.7 Å². The number of hydrogen-bond donors (Lipinski definition) is 1. The first-order valence-corrected chi connectivity index (χ1v) is 10.8. The average molecular weight is 386 g/mol. The molecule has 6 nitrogen and oxygen atoms in total. The van der Waals surface area contributed by atoms with E-state index in [4.69, 9.17) is 0 Å². The van der Waals surface area contributed by atoms with Crippen LogP contribution in [0.3, 0.4) is 0 Å². The Bertz CT molecular complexity index is 768. The number of rotatable bonds is 8. The van der Waals surface area contributed by atoms with Crippen LogP contribution in [-0.2, 0) is 11.3 Å². The minimum atomic E-state index is -0.151. The molecule has 27 heavy (non-hydrogen) atoms. The summed E-state index contributed by atoms with van der Waals surface area (Å²) in [7, 11) is 0. The van der Waals surface area contributed by atoms with Crippen molar-refractivity contribution in [2.24, 2.45) is 0 Å². The van der Waals surface area contributed by atoms with E-state index in [0.29, 0.717) is 12.6 Å². The number of anilines is 1. The first-order valence-electron chi connectivity index (χ1n) is 9.94. The first-order chi connectivity index (χ1) is 13.3. The van der Waals surface area contributed by atoms with Crippen molar-refractivity contribution in [1.82, 2.24) is 20.1 Å². The van der Waals surface area contributed by atoms with Crippen molar-refractivity contribution in [2.45, 2.75) is 62.0 Å². The molecular formula is C20H27N5OS. The number of benzene rings is 1. The van der Waals surface area contributed by atoms with Crippen molar-refractivity contribution in [3.05, 3.63) is 35.9 Å². The molecule has 2 heterocycles. The number of aromatic nitrogens is 3. The Morgan fingerprint density at radius 2 is 1.96 bits per heavy atom. The van der Waals surface area contributed by atoms with Gasteiger partial charge in [-0.2, -0.15) is 0 Å². The lowest BCUT2D eigenvalue weighted by Crippen LogP contribution is -2.32. The van der Waals surface area contributed by atoms with Gasteiger partial charge in [-0.05, 0) is 37.7 Å². The molecule has 0 bridgehead atoms. The summed E-state index contributed by atoms with van der Waals surface area (Å²) in [5.74, 6) is 1.07. The summed E-state index contributed by atoms with van der Waals surface area (Å²) < 4.78 is 2.28. The second-order valence-corrected chi connectivity index (χ2v) is 8.47. The lowest BCUT2D eigenvalue weighted by Gasteiger charge is -2.19. The molecular weight excluding hydrogens is 358 g/mol. The Morgan fingerprint density at radius 1 is 1.22 bits per heavy atom. The van der Waals surface area contributed by atoms with Gasteiger partial charge in [0.05, 0.1) is 5.25 Å². The standard InChI is InChI=1S/C20H27N5OS/c1-2-17(18(26)21-14-15-8-4-3-5-9-15)27-20-23-22-19(24-12-6-7-13-24)25(20)16-10-11-16/h3-5,8-9,16-17H,2,6-7,10-14H2,1H3,(H,21,26). The molecule has 2 fully saturated rings. The van der Waals surface area contributed by atoms with Crippen LogP contribution in [-0.4, -0.2) is 39.0 Å². The Balaban J connectivity index is 1.44. The van der Waals surface area contributed by atoms with Crippen LogP contribution in [0.4, 0.5) is 5.95 Å². The molecule has 0 radical (unpaired) electrons. The highest BCUT2D eigenvalue weighted by Crippen LogP contribution is 2.42. The van der Waals surface area contributed by atoms with Crippen molar-refractivity contribution in [1.29, 1.82) is 0 Å². The van der Waals surface area contributed by atoms with E-state index in [1.54, 1.807) is 11.8 Å². The van der Waals surface area contributed by atoms with Gasteiger partial charge in [0.25, 0.3) is 0 Å². The summed E-state index contributed by atoms with van der Waals surface area (Å²) in [5.41, 5.74) is 1.11. The summed E-state index contributed by atoms with van der Waals surface area (Å²) in [6.45, 7) is 4.73. The maximum absolute atomic E-state index is 12.7. The molecule has 1 amide bonds. The van der Waals surface area contributed by atoms with Crippen LogP contribution in [0.25, 0.3) is 0 Å². The highest BCUT2D eigenvalue weighted by atomic mass is 32.2. The minimum absolute atomic E-state index is 0.0689. The zero-order valence-electron chi connectivity index (χ0n) is 15.8. The topological polar surface area (TPSA) is 63.1 Å². The van der Waals surface area contributed by atoms with Crippen LogP contribution in [0.2, 0.25) is 0 Å². The van der Waals surface area contributed by atoms with Crippen molar-refractivity contribution in [3.8, 4) is 0 Å². The third-order valence-electron chi connectivity index (χ3n) is 5.17. The number of carbonyl (C=O) groups excluding carboxylic acids is 1. The fourth-order valence-corrected chi connectivity index (χ4v) is 4.53. The number of hydrogen-bond acceptors (Lipinski definition) is 5. The van der Waals surface area contributed by atoms with Crippen LogP contribution in [0.5, 0.6) is 0 Å². The number of thioether (sulfide) groups is 1. The number of amides is 1. The predicted octanol–water partition coefficient (Wildman–Crippen LogP) is 3.40. The third-order valence-corrected chi connectivity index (χ3v) is 6.49. The van der Waals surface area contributed by atoms with Crippen molar-refractivity contribution >= 4 is 23.6 Å². The predicted molar refractivity (Wildman–Crippen MR) is 108 cm³/mol. The molecule has 7 heteroatoms. The zero-order chi connectivity index (χ0) is 18.6. The molecule has 4 rings (SSSR count). The Hall–Kier alpha value is -2.02. The van der Waals surface area contributed by atoms with E-state index in [2.05, 4.69) is 31.9 Å². The van der Waals surface area contributed by atoms with Gasteiger partial charge in [-0.3, -0.25) is 9.36 Å². The van der Waals surface area contributed by atoms with Crippen LogP contribution >= 0.6 is 11.8 Å². The largest absolute Gasteiger partial charge is 0.351 e. The maximum Gasteiger partial charge on any atom is 0.233 e. The fraction of sp³-hybridized carbons (Fsp3) is 0.550. The molecule has 2 aromatic rings. The molecule has 1 aliphatic carbocycles. The second-order valence-electron chi connectivity index (χ2n) is 7.30. The quantitative estimate of drug-likeness (QED) is 0.706. The van der Waals surface area contributed by atoms with E-state index in [-0.39, 0.29) is 11.2 Å². The summed E-state index contributed by atoms with van der Waals surface area (Å²) in [5, 5.41) is 12.8. The van der Waals surface area contributed by atoms with Crippen molar-refractivity contribution in [3.63, 3.8) is 0 Å². The monoisotopic (exact) mass is 385 g/mol. The van der Waals surface area contributed by atoms with Gasteiger partial charge in [0.2, 0.25) is 11.9 Å². The summed E-state index contributed by atoms with van der Waals surface area (Å²) in [6, 6.07) is 10.5. The van der Waals surface area contributed by atoms with Gasteiger partial charge in [0.15, 0.2) is 5.16 Å². The lowest BCUT2D eigenvalue weighted by atomic mass is 10.2. The van der Waals surface area contributed by atoms with E-state index in [0.717, 1.165) is 36.2 Å². The highest BCUT2D eigenvalue weighted by molar-refractivity contribution is 8.00. The number of nitrogens with one attached hydrogen (secondary N) is 1. The second kappa shape index (κ2) is 8.33. The van der Waals surface area contributed by atoms with E-state index in [9.17, 15) is 4.79 Å². The van der Waals surface area contributed by atoms with E-state index < -0.39 is 0 Å². The number of carbonyl (C=O) groups is 1. The normalized spacial score (nSPS) is 17.9. The third kappa shape index (κ3) is 4.29. The van der Waals surface area contributed by atoms with E-state index >= 15 is 0 Å². The zero-order valence-corrected chi connectivity index (χ0v) is 16.6. The summed E-state index contributed by atoms with van der Waals surface area (Å²) in [6.07, 6.45) is 5.58. The van der Waals surface area contributed by atoms with Gasteiger partial charge < -0.3 is 10.2 Å². The SMILES string of the molecule is CCC(Sc1nnc(N2CCCC2)n1C1CC1)C(=O)NCc1ccccc1. The lowest BCUT2D eigenvalue weighted by molar-refractivity contribution is -0.120. The van der Waals surface area contributed by atoms with Crippen LogP contribution in [0.1, 0.15) is 50.6 Å². The molecule has 1 unspecified atom stereocenters. The Morgan fingerprint density at radius 3 is 2.63 bits per heavy atom. The fourth-order valence-electron chi connectivity index (χ4n) is 3.48. The molecule has 1 aromatic heterocycles. The van der Waals surface area contributed by atoms with Gasteiger partial charge in [-0.15, -0.1) is 10.2 Å². The highest BCUT2D eigenvalue weighted by Gasteiger charge is 2.33. The van der Waals surface area contributed by atoms with Gasteiger partial charge in [-0.1, -0.05) is 49.0 Å². The van der Waals surface area contributed by atoms with Crippen molar-refractivity contribution in [2.75, 3.05) is 18.0 Å². The van der Waals surface area contributed by atoms with Gasteiger partial charge in [-0.25, -0.2) is 0 Å². The summed E-state index contributed by atoms with van der Waals surface area (Å²) >= 11 is 1.56. The molecule has 1 N–H and O–H groups in total. The number of nitrogens with zero attached hydrogens (tertiary/aromatic N) is 4. The Labute approximate surface area is 164 Å². The van der Waals surface area contributed by atoms with Crippen LogP contribution in [0, 0.1) is 0 Å². The molecule has 0 spiro atoms. The molecule has 1 atom stereocenters. The average Bonchev–Trinajstić information content (AvgIpc) is 3.22. The minimum Gasteiger partial charge on any atom is -0.351 e. The molecule has 1 aromatic carbocycles. The molecule has 1 saturated carbocycles. The van der Waals surface area contributed by atoms with Crippen LogP contribution in [0.15, 0.2) is 35.5 Å². The Kier molecular flexibility index (Phi) is 5.66. The first kappa shape index (κ1) is 18.3. The van der Waals surface area contributed by atoms with Gasteiger partial charge in [0, 0.05) is 25.7 Å². The van der Waals surface area contributed by atoms with Crippen molar-refractivity contribution < 1.29 is 4.79 Å². The molecule has 1 saturated heterocycles. The molecule has 1 aliphatic heterocycles. The smallest absolute Gasteiger partial charge is 0.233 e.